The largest absolute Gasteiger partial charge is 0.493 e. The van der Waals surface area contributed by atoms with Crippen LogP contribution in [0, 0.1) is 0 Å². The average molecular weight is 402 g/mol. The van der Waals surface area contributed by atoms with Gasteiger partial charge in [0.1, 0.15) is 6.61 Å². The molecule has 1 N–H and O–H groups in total. The van der Waals surface area contributed by atoms with Crippen molar-refractivity contribution in [2.75, 3.05) is 25.6 Å². The second-order valence-corrected chi connectivity index (χ2v) is 6.92. The molecule has 6 heteroatoms. The number of anilines is 1. The Kier molecular flexibility index (Phi) is 5.66. The van der Waals surface area contributed by atoms with Crippen LogP contribution >= 0.6 is 0 Å². The lowest BCUT2D eigenvalue weighted by atomic mass is 10.1. The van der Waals surface area contributed by atoms with Crippen LogP contribution < -0.4 is 14.8 Å². The van der Waals surface area contributed by atoms with Crippen molar-refractivity contribution in [3.63, 3.8) is 0 Å². The molecule has 3 aromatic rings. The zero-order chi connectivity index (χ0) is 20.9. The zero-order valence-electron chi connectivity index (χ0n) is 16.6. The third kappa shape index (κ3) is 4.12. The number of para-hydroxylation sites is 2. The molecule has 3 aromatic carbocycles. The van der Waals surface area contributed by atoms with Gasteiger partial charge in [0.2, 0.25) is 0 Å². The molecule has 0 saturated heterocycles. The van der Waals surface area contributed by atoms with E-state index >= 15 is 0 Å². The number of nitrogens with zero attached hydrogens (tertiary/aromatic N) is 1. The van der Waals surface area contributed by atoms with Gasteiger partial charge in [-0.3, -0.25) is 9.59 Å². The first-order chi connectivity index (χ1) is 14.7. The van der Waals surface area contributed by atoms with Crippen molar-refractivity contribution in [1.82, 2.24) is 4.90 Å². The molecule has 1 aliphatic heterocycles. The number of nitrogens with one attached hydrogen (secondary N) is 1. The highest BCUT2D eigenvalue weighted by Gasteiger charge is 2.23. The summed E-state index contributed by atoms with van der Waals surface area (Å²) in [6.45, 7) is 1.28. The molecule has 1 aliphatic rings. The summed E-state index contributed by atoms with van der Waals surface area (Å²) in [5.41, 5.74) is 2.64. The van der Waals surface area contributed by atoms with Crippen molar-refractivity contribution in [2.24, 2.45) is 0 Å². The van der Waals surface area contributed by atoms with E-state index in [9.17, 15) is 9.59 Å². The number of carbonyl (C=O) groups is 2. The molecular weight excluding hydrogens is 380 g/mol. The fourth-order valence-corrected chi connectivity index (χ4v) is 3.40. The molecule has 0 bridgehead atoms. The number of fused-ring (bicyclic) bond motifs is 1. The van der Waals surface area contributed by atoms with Crippen LogP contribution in [0.25, 0.3) is 0 Å². The Balaban J connectivity index is 1.47. The first-order valence-electron chi connectivity index (χ1n) is 9.70. The molecule has 30 heavy (non-hydrogen) atoms. The Morgan fingerprint density at radius 3 is 2.40 bits per heavy atom. The minimum absolute atomic E-state index is 0.107. The lowest BCUT2D eigenvalue weighted by molar-refractivity contribution is 0.0732. The molecule has 2 amide bonds. The molecule has 1 heterocycles. The highest BCUT2D eigenvalue weighted by atomic mass is 16.5. The molecule has 0 atom stereocenters. The second-order valence-electron chi connectivity index (χ2n) is 6.92. The Hall–Kier alpha value is -3.80. The van der Waals surface area contributed by atoms with E-state index in [0.717, 1.165) is 11.3 Å². The maximum absolute atomic E-state index is 13.0. The smallest absolute Gasteiger partial charge is 0.255 e. The third-order valence-corrected chi connectivity index (χ3v) is 4.96. The van der Waals surface area contributed by atoms with Crippen LogP contribution in [0.3, 0.4) is 0 Å². The van der Waals surface area contributed by atoms with Gasteiger partial charge in [-0.05, 0) is 42.5 Å². The molecular formula is C24H22N2O4. The highest BCUT2D eigenvalue weighted by Crippen LogP contribution is 2.33. The van der Waals surface area contributed by atoms with E-state index in [2.05, 4.69) is 5.32 Å². The Labute approximate surface area is 175 Å². The lowest BCUT2D eigenvalue weighted by Gasteiger charge is -2.20. The number of carbonyl (C=O) groups excluding carboxylic acids is 2. The Morgan fingerprint density at radius 2 is 1.67 bits per heavy atom. The quantitative estimate of drug-likeness (QED) is 0.717. The topological polar surface area (TPSA) is 67.9 Å². The lowest BCUT2D eigenvalue weighted by Crippen LogP contribution is -2.32. The number of benzene rings is 3. The first kappa shape index (κ1) is 19.5. The molecule has 4 rings (SSSR count). The van der Waals surface area contributed by atoms with Crippen LogP contribution in [0.5, 0.6) is 11.5 Å². The van der Waals surface area contributed by atoms with E-state index in [1.54, 1.807) is 36.3 Å². The van der Waals surface area contributed by atoms with E-state index in [-0.39, 0.29) is 11.8 Å². The number of ether oxygens (including phenoxy) is 2. The van der Waals surface area contributed by atoms with Crippen molar-refractivity contribution < 1.29 is 19.1 Å². The van der Waals surface area contributed by atoms with Crippen molar-refractivity contribution >= 4 is 17.5 Å². The summed E-state index contributed by atoms with van der Waals surface area (Å²) in [5.74, 6) is 1.02. The minimum Gasteiger partial charge on any atom is -0.493 e. The first-order valence-corrected chi connectivity index (χ1v) is 9.70. The summed E-state index contributed by atoms with van der Waals surface area (Å²) < 4.78 is 11.2. The predicted molar refractivity (Wildman–Crippen MR) is 114 cm³/mol. The number of methoxy groups -OCH3 is 1. The van der Waals surface area contributed by atoms with E-state index in [4.69, 9.17) is 9.47 Å². The molecule has 0 aliphatic carbocycles. The average Bonchev–Trinajstić information content (AvgIpc) is 3.02. The van der Waals surface area contributed by atoms with Gasteiger partial charge in [-0.25, -0.2) is 0 Å². The standard InChI is InChI=1S/C24H22N2O4/c1-29-21-9-5-6-19-16-26(14-15-30-22(19)21)24(28)18-12-10-17(11-13-18)23(27)25-20-7-3-2-4-8-20/h2-13H,14-16H2,1H3,(H,25,27). The van der Waals surface area contributed by atoms with Gasteiger partial charge in [0, 0.05) is 28.9 Å². The van der Waals surface area contributed by atoms with Gasteiger partial charge in [-0.15, -0.1) is 0 Å². The SMILES string of the molecule is COc1cccc2c1OCCN(C(=O)c1ccc(C(=O)Nc3ccccc3)cc1)C2. The Bertz CT molecular complexity index is 1050. The second kappa shape index (κ2) is 8.69. The summed E-state index contributed by atoms with van der Waals surface area (Å²) in [6, 6.07) is 21.6. The van der Waals surface area contributed by atoms with Gasteiger partial charge < -0.3 is 19.7 Å². The molecule has 0 fully saturated rings. The van der Waals surface area contributed by atoms with Gasteiger partial charge in [0.05, 0.1) is 13.7 Å². The molecule has 0 aromatic heterocycles. The van der Waals surface area contributed by atoms with E-state index < -0.39 is 0 Å². The zero-order valence-corrected chi connectivity index (χ0v) is 16.6. The van der Waals surface area contributed by atoms with Crippen LogP contribution in [0.15, 0.2) is 72.8 Å². The van der Waals surface area contributed by atoms with Gasteiger partial charge >= 0.3 is 0 Å². The summed E-state index contributed by atoms with van der Waals surface area (Å²) in [7, 11) is 1.60. The maximum atomic E-state index is 13.0. The minimum atomic E-state index is -0.218. The van der Waals surface area contributed by atoms with Crippen LogP contribution in [-0.2, 0) is 6.54 Å². The molecule has 0 spiro atoms. The molecule has 6 nitrogen and oxygen atoms in total. The van der Waals surface area contributed by atoms with Crippen molar-refractivity contribution in [3.05, 3.63) is 89.5 Å². The Morgan fingerprint density at radius 1 is 0.933 bits per heavy atom. The van der Waals surface area contributed by atoms with Crippen LogP contribution in [0.2, 0.25) is 0 Å². The molecule has 0 radical (unpaired) electrons. The normalized spacial score (nSPS) is 12.9. The summed E-state index contributed by atoms with van der Waals surface area (Å²) in [4.78, 5) is 27.2. The summed E-state index contributed by atoms with van der Waals surface area (Å²) in [6.07, 6.45) is 0. The van der Waals surface area contributed by atoms with Crippen molar-refractivity contribution in [2.45, 2.75) is 6.54 Å². The van der Waals surface area contributed by atoms with E-state index in [1.807, 2.05) is 48.5 Å². The third-order valence-electron chi connectivity index (χ3n) is 4.96. The van der Waals surface area contributed by atoms with Crippen molar-refractivity contribution in [1.29, 1.82) is 0 Å². The predicted octanol–water partition coefficient (Wildman–Crippen LogP) is 3.98. The van der Waals surface area contributed by atoms with Crippen LogP contribution in [-0.4, -0.2) is 37.0 Å². The highest BCUT2D eigenvalue weighted by molar-refractivity contribution is 6.05. The van der Waals surface area contributed by atoms with Gasteiger partial charge in [0.25, 0.3) is 11.8 Å². The van der Waals surface area contributed by atoms with Gasteiger partial charge in [0.15, 0.2) is 11.5 Å². The number of rotatable bonds is 4. The summed E-state index contributed by atoms with van der Waals surface area (Å²) >= 11 is 0. The number of amides is 2. The number of hydrogen-bond donors (Lipinski definition) is 1. The van der Waals surface area contributed by atoms with Crippen LogP contribution in [0.4, 0.5) is 5.69 Å². The molecule has 152 valence electrons. The molecule has 0 unspecified atom stereocenters. The molecule has 0 saturated carbocycles. The number of hydrogen-bond acceptors (Lipinski definition) is 4. The fraction of sp³-hybridized carbons (Fsp3) is 0.167. The fourth-order valence-electron chi connectivity index (χ4n) is 3.40. The van der Waals surface area contributed by atoms with Gasteiger partial charge in [-0.1, -0.05) is 30.3 Å². The monoisotopic (exact) mass is 402 g/mol. The summed E-state index contributed by atoms with van der Waals surface area (Å²) in [5, 5.41) is 2.84. The maximum Gasteiger partial charge on any atom is 0.255 e. The van der Waals surface area contributed by atoms with Crippen molar-refractivity contribution in [3.8, 4) is 11.5 Å². The van der Waals surface area contributed by atoms with Gasteiger partial charge in [-0.2, -0.15) is 0 Å². The van der Waals surface area contributed by atoms with E-state index in [1.165, 1.54) is 0 Å². The van der Waals surface area contributed by atoms with Crippen LogP contribution in [0.1, 0.15) is 26.3 Å². The van der Waals surface area contributed by atoms with E-state index in [0.29, 0.717) is 42.3 Å².